The molecule has 26 heavy (non-hydrogen) atoms. The zero-order chi connectivity index (χ0) is 20.7. The summed E-state index contributed by atoms with van der Waals surface area (Å²) in [6.07, 6.45) is 0. The van der Waals surface area contributed by atoms with Crippen LogP contribution in [0, 0.1) is 12.3 Å². The molecule has 0 saturated carbocycles. The van der Waals surface area contributed by atoms with Gasteiger partial charge in [0.2, 0.25) is 0 Å². The maximum absolute atomic E-state index is 9.82. The number of ether oxygens (including phenoxy) is 1. The van der Waals surface area contributed by atoms with Crippen molar-refractivity contribution in [1.29, 1.82) is 5.41 Å². The van der Waals surface area contributed by atoms with Crippen molar-refractivity contribution in [2.45, 2.75) is 34.6 Å². The van der Waals surface area contributed by atoms with Crippen molar-refractivity contribution in [3.8, 4) is 0 Å². The first-order valence-corrected chi connectivity index (χ1v) is 9.17. The molecule has 0 aliphatic carbocycles. The van der Waals surface area contributed by atoms with E-state index in [1.807, 2.05) is 51.0 Å². The van der Waals surface area contributed by atoms with Crippen molar-refractivity contribution in [1.82, 2.24) is 9.88 Å². The Morgan fingerprint density at radius 2 is 1.77 bits per heavy atom. The van der Waals surface area contributed by atoms with Gasteiger partial charge in [0.25, 0.3) is 0 Å². The molecular formula is C18H30N4O2S2. The molecule has 0 bridgehead atoms. The van der Waals surface area contributed by atoms with E-state index >= 15 is 0 Å². The molecule has 2 rings (SSSR count). The number of carbonyl (C=O) groups excluding carboxylic acids is 1. The van der Waals surface area contributed by atoms with Crippen LogP contribution >= 0.6 is 23.6 Å². The van der Waals surface area contributed by atoms with Crippen LogP contribution in [-0.4, -0.2) is 47.4 Å². The van der Waals surface area contributed by atoms with Crippen LogP contribution in [0.15, 0.2) is 24.3 Å². The zero-order valence-electron chi connectivity index (χ0n) is 16.6. The van der Waals surface area contributed by atoms with Crippen LogP contribution in [0.1, 0.15) is 32.7 Å². The van der Waals surface area contributed by atoms with Crippen LogP contribution in [0.25, 0.3) is 10.2 Å². The number of rotatable bonds is 1. The molecule has 146 valence electrons. The summed E-state index contributed by atoms with van der Waals surface area (Å²) >= 11 is 6.49. The Labute approximate surface area is 165 Å². The summed E-state index contributed by atoms with van der Waals surface area (Å²) in [5.41, 5.74) is 5.81. The summed E-state index contributed by atoms with van der Waals surface area (Å²) in [5.74, 6) is -0.0440. The SMILES string of the molecule is CC(=N)N.CC(=S)N(C)C.CCOC(C)=O.Cc1nc2ccccc2s1. The van der Waals surface area contributed by atoms with Crippen molar-refractivity contribution >= 4 is 50.6 Å². The Morgan fingerprint density at radius 1 is 1.31 bits per heavy atom. The highest BCUT2D eigenvalue weighted by molar-refractivity contribution is 7.80. The average Bonchev–Trinajstić information content (AvgIpc) is 2.87. The van der Waals surface area contributed by atoms with Gasteiger partial charge in [0.1, 0.15) is 0 Å². The minimum absolute atomic E-state index is 0.167. The normalized spacial score (nSPS) is 8.58. The number of para-hydroxylation sites is 1. The summed E-state index contributed by atoms with van der Waals surface area (Å²) in [5, 5.41) is 7.42. The van der Waals surface area contributed by atoms with Gasteiger partial charge in [-0.05, 0) is 39.8 Å². The summed E-state index contributed by atoms with van der Waals surface area (Å²) in [7, 11) is 3.87. The van der Waals surface area contributed by atoms with Crippen LogP contribution in [0.5, 0.6) is 0 Å². The molecule has 0 atom stereocenters. The highest BCUT2D eigenvalue weighted by Gasteiger charge is 1.95. The van der Waals surface area contributed by atoms with E-state index in [9.17, 15) is 4.79 Å². The first-order chi connectivity index (χ1) is 12.0. The molecule has 1 aromatic carbocycles. The minimum atomic E-state index is -0.211. The third kappa shape index (κ3) is 16.8. The second kappa shape index (κ2) is 15.2. The average molecular weight is 399 g/mol. The van der Waals surface area contributed by atoms with E-state index in [0.717, 1.165) is 15.5 Å². The molecule has 0 amide bonds. The highest BCUT2D eigenvalue weighted by atomic mass is 32.1. The highest BCUT2D eigenvalue weighted by Crippen LogP contribution is 2.19. The molecule has 6 nitrogen and oxygen atoms in total. The molecule has 0 spiro atoms. The lowest BCUT2D eigenvalue weighted by molar-refractivity contribution is -0.140. The van der Waals surface area contributed by atoms with E-state index in [1.54, 1.807) is 18.3 Å². The number of nitrogens with one attached hydrogen (secondary N) is 1. The van der Waals surface area contributed by atoms with E-state index in [4.69, 9.17) is 23.4 Å². The molecule has 2 aromatic rings. The number of fused-ring (bicyclic) bond motifs is 1. The third-order valence-electron chi connectivity index (χ3n) is 2.38. The van der Waals surface area contributed by atoms with Gasteiger partial charge < -0.3 is 15.4 Å². The predicted molar refractivity (Wildman–Crippen MR) is 116 cm³/mol. The number of esters is 1. The van der Waals surface area contributed by atoms with Gasteiger partial charge in [0.15, 0.2) is 0 Å². The van der Waals surface area contributed by atoms with Crippen molar-refractivity contribution in [2.75, 3.05) is 20.7 Å². The molecule has 0 saturated heterocycles. The number of hydrogen-bond donors (Lipinski definition) is 2. The second-order valence-electron chi connectivity index (χ2n) is 5.22. The molecule has 8 heteroatoms. The number of hydrogen-bond acceptors (Lipinski definition) is 6. The summed E-state index contributed by atoms with van der Waals surface area (Å²) in [6.45, 7) is 9.11. The van der Waals surface area contributed by atoms with Gasteiger partial charge in [-0.15, -0.1) is 11.3 Å². The lowest BCUT2D eigenvalue weighted by Crippen LogP contribution is -2.15. The Hall–Kier alpha value is -2.06. The second-order valence-corrected chi connectivity index (χ2v) is 7.05. The van der Waals surface area contributed by atoms with Crippen molar-refractivity contribution < 1.29 is 9.53 Å². The van der Waals surface area contributed by atoms with Gasteiger partial charge in [0.05, 0.1) is 32.7 Å². The van der Waals surface area contributed by atoms with E-state index in [2.05, 4.69) is 15.8 Å². The molecule has 1 heterocycles. The van der Waals surface area contributed by atoms with Gasteiger partial charge in [-0.25, -0.2) is 4.98 Å². The lowest BCUT2D eigenvalue weighted by Gasteiger charge is -2.06. The smallest absolute Gasteiger partial charge is 0.302 e. The number of carbonyl (C=O) groups is 1. The quantitative estimate of drug-likeness (QED) is 0.326. The van der Waals surface area contributed by atoms with Crippen molar-refractivity contribution in [3.05, 3.63) is 29.3 Å². The van der Waals surface area contributed by atoms with Gasteiger partial charge in [-0.3, -0.25) is 10.2 Å². The van der Waals surface area contributed by atoms with Crippen LogP contribution in [-0.2, 0) is 9.53 Å². The number of benzene rings is 1. The number of thiocarbonyl (C=S) groups is 1. The number of amidine groups is 1. The van der Waals surface area contributed by atoms with E-state index in [0.29, 0.717) is 6.61 Å². The molecular weight excluding hydrogens is 368 g/mol. The Kier molecular flexibility index (Phi) is 15.3. The Morgan fingerprint density at radius 3 is 2.08 bits per heavy atom. The van der Waals surface area contributed by atoms with Crippen LogP contribution < -0.4 is 5.73 Å². The molecule has 0 fully saturated rings. The predicted octanol–water partition coefficient (Wildman–Crippen LogP) is 4.01. The third-order valence-corrected chi connectivity index (χ3v) is 3.70. The van der Waals surface area contributed by atoms with Gasteiger partial charge in [-0.2, -0.15) is 0 Å². The molecule has 0 radical (unpaired) electrons. The number of thiazole rings is 1. The van der Waals surface area contributed by atoms with E-state index in [-0.39, 0.29) is 11.8 Å². The number of nitrogens with zero attached hydrogens (tertiary/aromatic N) is 2. The van der Waals surface area contributed by atoms with Gasteiger partial charge in [0, 0.05) is 21.0 Å². The van der Waals surface area contributed by atoms with Gasteiger partial charge >= 0.3 is 5.97 Å². The van der Waals surface area contributed by atoms with Crippen LogP contribution in [0.2, 0.25) is 0 Å². The standard InChI is InChI=1S/C8H7NS.C4H9NS.C4H8O2.C2H6N2/c1-6-9-7-4-2-3-5-8(7)10-6;1-4(6)5(2)3;1-3-6-4(2)5;1-2(3)4/h2-5H,1H3;1-3H3;3H2,1-2H3;1H3,(H3,3,4). The topological polar surface area (TPSA) is 92.3 Å². The first-order valence-electron chi connectivity index (χ1n) is 7.95. The summed E-state index contributed by atoms with van der Waals surface area (Å²) in [6, 6.07) is 8.19. The Balaban J connectivity index is 0. The molecule has 0 aliphatic rings. The first kappa shape index (κ1) is 26.2. The fraction of sp³-hybridized carbons (Fsp3) is 0.444. The van der Waals surface area contributed by atoms with E-state index in [1.165, 1.54) is 18.5 Å². The fourth-order valence-electron chi connectivity index (χ4n) is 1.19. The molecule has 1 aromatic heterocycles. The van der Waals surface area contributed by atoms with Crippen LogP contribution in [0.4, 0.5) is 0 Å². The lowest BCUT2D eigenvalue weighted by atomic mass is 10.3. The van der Waals surface area contributed by atoms with Crippen molar-refractivity contribution in [2.24, 2.45) is 5.73 Å². The van der Waals surface area contributed by atoms with Crippen molar-refractivity contribution in [3.63, 3.8) is 0 Å². The van der Waals surface area contributed by atoms with Gasteiger partial charge in [-0.1, -0.05) is 24.4 Å². The number of nitrogens with two attached hydrogens (primary N) is 1. The van der Waals surface area contributed by atoms with E-state index < -0.39 is 0 Å². The largest absolute Gasteiger partial charge is 0.466 e. The molecule has 0 unspecified atom stereocenters. The molecule has 0 aliphatic heterocycles. The Bertz CT molecular complexity index is 648. The summed E-state index contributed by atoms with van der Waals surface area (Å²) < 4.78 is 5.68. The number of aryl methyl sites for hydroxylation is 1. The summed E-state index contributed by atoms with van der Waals surface area (Å²) in [4.78, 5) is 17.0. The number of aromatic nitrogens is 1. The fourth-order valence-corrected chi connectivity index (χ4v) is 2.02. The maximum atomic E-state index is 9.82. The molecule has 3 N–H and O–H groups in total. The van der Waals surface area contributed by atoms with Crippen LogP contribution in [0.3, 0.4) is 0 Å². The monoisotopic (exact) mass is 398 g/mol. The minimum Gasteiger partial charge on any atom is -0.466 e. The maximum Gasteiger partial charge on any atom is 0.302 e. The zero-order valence-corrected chi connectivity index (χ0v) is 18.3.